The molecular weight excluding hydrogens is 194 g/mol. The average molecular weight is 209 g/mol. The largest absolute Gasteiger partial charge is 0.393 e. The molecular formula is C10H15N3O2. The van der Waals surface area contributed by atoms with Gasteiger partial charge in [-0.25, -0.2) is 0 Å². The molecule has 0 aromatic heterocycles. The van der Waals surface area contributed by atoms with Crippen molar-refractivity contribution in [2.75, 3.05) is 25.7 Å². The van der Waals surface area contributed by atoms with Crippen LogP contribution in [0.4, 0.5) is 5.69 Å². The van der Waals surface area contributed by atoms with Crippen molar-refractivity contribution in [1.82, 2.24) is 0 Å². The van der Waals surface area contributed by atoms with Gasteiger partial charge in [0.2, 0.25) is 0 Å². The molecule has 0 atom stereocenters. The highest BCUT2D eigenvalue weighted by Crippen LogP contribution is 2.05. The maximum absolute atomic E-state index is 5.23. The van der Waals surface area contributed by atoms with Crippen molar-refractivity contribution < 1.29 is 9.57 Å². The third-order valence-corrected chi connectivity index (χ3v) is 1.73. The number of nitrogens with two attached hydrogens (primary N) is 1. The van der Waals surface area contributed by atoms with Crippen LogP contribution < -0.4 is 11.3 Å². The third kappa shape index (κ3) is 4.44. The summed E-state index contributed by atoms with van der Waals surface area (Å²) in [4.78, 5) is 4.94. The Morgan fingerprint density at radius 1 is 1.33 bits per heavy atom. The zero-order chi connectivity index (χ0) is 10.9. The highest BCUT2D eigenvalue weighted by atomic mass is 16.6. The summed E-state index contributed by atoms with van der Waals surface area (Å²) in [6, 6.07) is 7.49. The Labute approximate surface area is 88.8 Å². The van der Waals surface area contributed by atoms with Gasteiger partial charge < -0.3 is 15.0 Å². The lowest BCUT2D eigenvalue weighted by molar-refractivity contribution is 0.0760. The van der Waals surface area contributed by atoms with Crippen LogP contribution in [0.25, 0.3) is 0 Å². The number of oxime groups is 1. The lowest BCUT2D eigenvalue weighted by atomic mass is 10.2. The van der Waals surface area contributed by atoms with Gasteiger partial charge in [-0.1, -0.05) is 17.3 Å². The first-order valence-corrected chi connectivity index (χ1v) is 4.58. The van der Waals surface area contributed by atoms with E-state index in [4.69, 9.17) is 15.4 Å². The minimum atomic E-state index is 0.454. The standard InChI is InChI=1S/C10H15N3O2/c1-14-6-7-15-12-8-9-2-4-10(13-11)5-3-9/h2-5,8,13H,6-7,11H2,1H3. The van der Waals surface area contributed by atoms with Crippen LogP contribution >= 0.6 is 0 Å². The van der Waals surface area contributed by atoms with Crippen molar-refractivity contribution in [1.29, 1.82) is 0 Å². The van der Waals surface area contributed by atoms with Crippen LogP contribution in [0.1, 0.15) is 5.56 Å². The summed E-state index contributed by atoms with van der Waals surface area (Å²) in [6.45, 7) is 0.989. The number of hydrazine groups is 1. The highest BCUT2D eigenvalue weighted by Gasteiger charge is 1.89. The van der Waals surface area contributed by atoms with Crippen molar-refractivity contribution in [3.8, 4) is 0 Å². The van der Waals surface area contributed by atoms with E-state index in [-0.39, 0.29) is 0 Å². The molecule has 1 rings (SSSR count). The Morgan fingerprint density at radius 3 is 2.67 bits per heavy atom. The molecule has 0 aliphatic carbocycles. The van der Waals surface area contributed by atoms with Crippen molar-refractivity contribution >= 4 is 11.9 Å². The predicted octanol–water partition coefficient (Wildman–Crippen LogP) is 0.969. The number of rotatable bonds is 6. The first-order valence-electron chi connectivity index (χ1n) is 4.58. The van der Waals surface area contributed by atoms with E-state index in [0.29, 0.717) is 13.2 Å². The van der Waals surface area contributed by atoms with E-state index in [1.54, 1.807) is 13.3 Å². The topological polar surface area (TPSA) is 68.9 Å². The van der Waals surface area contributed by atoms with Crippen molar-refractivity contribution in [2.45, 2.75) is 0 Å². The minimum absolute atomic E-state index is 0.454. The number of methoxy groups -OCH3 is 1. The summed E-state index contributed by atoms with van der Waals surface area (Å²) in [6.07, 6.45) is 1.63. The van der Waals surface area contributed by atoms with Gasteiger partial charge in [0.15, 0.2) is 0 Å². The van der Waals surface area contributed by atoms with Crippen molar-refractivity contribution in [2.24, 2.45) is 11.0 Å². The van der Waals surface area contributed by atoms with Gasteiger partial charge in [-0.15, -0.1) is 0 Å². The Morgan fingerprint density at radius 2 is 2.07 bits per heavy atom. The van der Waals surface area contributed by atoms with Crippen LogP contribution in [0.5, 0.6) is 0 Å². The second-order valence-electron chi connectivity index (χ2n) is 2.83. The fraction of sp³-hybridized carbons (Fsp3) is 0.300. The molecule has 0 aliphatic rings. The molecule has 0 amide bonds. The molecule has 0 saturated carbocycles. The number of ether oxygens (including phenoxy) is 1. The van der Waals surface area contributed by atoms with Gasteiger partial charge >= 0.3 is 0 Å². The van der Waals surface area contributed by atoms with Gasteiger partial charge in [0.1, 0.15) is 6.61 Å². The lowest BCUT2D eigenvalue weighted by Gasteiger charge is -1.99. The van der Waals surface area contributed by atoms with E-state index in [1.165, 1.54) is 0 Å². The van der Waals surface area contributed by atoms with Crippen LogP contribution in [0.2, 0.25) is 0 Å². The molecule has 0 radical (unpaired) electrons. The van der Waals surface area contributed by atoms with E-state index in [1.807, 2.05) is 24.3 Å². The number of benzene rings is 1. The Balaban J connectivity index is 2.36. The molecule has 82 valence electrons. The maximum Gasteiger partial charge on any atom is 0.140 e. The van der Waals surface area contributed by atoms with E-state index >= 15 is 0 Å². The fourth-order valence-electron chi connectivity index (χ4n) is 0.937. The van der Waals surface area contributed by atoms with Crippen molar-refractivity contribution in [3.05, 3.63) is 29.8 Å². The summed E-state index contributed by atoms with van der Waals surface area (Å²) in [7, 11) is 1.62. The molecule has 1 aromatic rings. The first kappa shape index (κ1) is 11.5. The summed E-state index contributed by atoms with van der Waals surface area (Å²) >= 11 is 0. The van der Waals surface area contributed by atoms with Crippen LogP contribution in [0, 0.1) is 0 Å². The normalized spacial score (nSPS) is 10.5. The summed E-state index contributed by atoms with van der Waals surface area (Å²) in [5.41, 5.74) is 4.35. The van der Waals surface area contributed by atoms with E-state index in [0.717, 1.165) is 11.3 Å². The zero-order valence-electron chi connectivity index (χ0n) is 8.64. The number of hydrogen-bond donors (Lipinski definition) is 2. The molecule has 0 bridgehead atoms. The van der Waals surface area contributed by atoms with Gasteiger partial charge in [-0.2, -0.15) is 0 Å². The fourth-order valence-corrected chi connectivity index (χ4v) is 0.937. The molecule has 1 aromatic carbocycles. The number of nitrogen functional groups attached to an aromatic ring is 1. The quantitative estimate of drug-likeness (QED) is 0.317. The van der Waals surface area contributed by atoms with E-state index in [2.05, 4.69) is 10.6 Å². The zero-order valence-corrected chi connectivity index (χ0v) is 8.64. The third-order valence-electron chi connectivity index (χ3n) is 1.73. The van der Waals surface area contributed by atoms with E-state index in [9.17, 15) is 0 Å². The molecule has 0 heterocycles. The SMILES string of the molecule is COCCON=Cc1ccc(NN)cc1. The van der Waals surface area contributed by atoms with Crippen LogP contribution in [0.3, 0.4) is 0 Å². The average Bonchev–Trinajstić information content (AvgIpc) is 2.30. The second-order valence-corrected chi connectivity index (χ2v) is 2.83. The number of nitrogens with one attached hydrogen (secondary N) is 1. The molecule has 3 N–H and O–H groups in total. The van der Waals surface area contributed by atoms with Gasteiger partial charge in [0.25, 0.3) is 0 Å². The Bertz CT molecular complexity index is 298. The predicted molar refractivity (Wildman–Crippen MR) is 59.7 cm³/mol. The molecule has 15 heavy (non-hydrogen) atoms. The monoisotopic (exact) mass is 209 g/mol. The Hall–Kier alpha value is -1.59. The highest BCUT2D eigenvalue weighted by molar-refractivity contribution is 5.79. The molecule has 5 heteroatoms. The molecule has 0 saturated heterocycles. The Kier molecular flexibility index (Phi) is 5.21. The van der Waals surface area contributed by atoms with Gasteiger partial charge in [0.05, 0.1) is 12.8 Å². The summed E-state index contributed by atoms with van der Waals surface area (Å²) in [5, 5.41) is 3.78. The van der Waals surface area contributed by atoms with Gasteiger partial charge in [0, 0.05) is 12.8 Å². The van der Waals surface area contributed by atoms with Gasteiger partial charge in [-0.05, 0) is 17.7 Å². The molecule has 5 nitrogen and oxygen atoms in total. The second kappa shape index (κ2) is 6.80. The van der Waals surface area contributed by atoms with Crippen LogP contribution in [-0.4, -0.2) is 26.5 Å². The van der Waals surface area contributed by atoms with E-state index < -0.39 is 0 Å². The number of anilines is 1. The first-order chi connectivity index (χ1) is 7.36. The molecule has 0 aliphatic heterocycles. The number of nitrogens with zero attached hydrogens (tertiary/aromatic N) is 1. The maximum atomic E-state index is 5.23. The molecule has 0 unspecified atom stereocenters. The lowest BCUT2D eigenvalue weighted by Crippen LogP contribution is -2.06. The minimum Gasteiger partial charge on any atom is -0.393 e. The summed E-state index contributed by atoms with van der Waals surface area (Å²) < 4.78 is 4.80. The molecule has 0 fully saturated rings. The van der Waals surface area contributed by atoms with Crippen LogP contribution in [0.15, 0.2) is 29.4 Å². The van der Waals surface area contributed by atoms with Crippen molar-refractivity contribution in [3.63, 3.8) is 0 Å². The molecule has 0 spiro atoms. The van der Waals surface area contributed by atoms with Gasteiger partial charge in [-0.3, -0.25) is 5.84 Å². The number of hydrogen-bond acceptors (Lipinski definition) is 5. The smallest absolute Gasteiger partial charge is 0.140 e. The van der Waals surface area contributed by atoms with Crippen LogP contribution in [-0.2, 0) is 9.57 Å². The summed E-state index contributed by atoms with van der Waals surface area (Å²) in [5.74, 6) is 5.23.